The predicted molar refractivity (Wildman–Crippen MR) is 90.8 cm³/mol. The first-order valence-electron chi connectivity index (χ1n) is 7.66. The maximum atomic E-state index is 12.1. The number of esters is 1. The smallest absolute Gasteiger partial charge is 0.356 e. The SMILES string of the molecule is COC(=O)c1[nH]nc2c1[C@@H](C1=Cc3cc(Cl)ccc3OC1)CC(=O)N2. The summed E-state index contributed by atoms with van der Waals surface area (Å²) < 4.78 is 10.6. The van der Waals surface area contributed by atoms with Crippen molar-refractivity contribution in [1.29, 1.82) is 0 Å². The molecule has 1 amide bonds. The Morgan fingerprint density at radius 3 is 3.08 bits per heavy atom. The number of hydrogen-bond acceptors (Lipinski definition) is 5. The second kappa shape index (κ2) is 5.93. The summed E-state index contributed by atoms with van der Waals surface area (Å²) >= 11 is 6.06. The fourth-order valence-electron chi connectivity index (χ4n) is 3.20. The first kappa shape index (κ1) is 15.7. The van der Waals surface area contributed by atoms with Crippen LogP contribution in [0.3, 0.4) is 0 Å². The monoisotopic (exact) mass is 359 g/mol. The molecule has 7 nitrogen and oxygen atoms in total. The topological polar surface area (TPSA) is 93.3 Å². The number of rotatable bonds is 2. The van der Waals surface area contributed by atoms with Crippen LogP contribution in [0.5, 0.6) is 5.75 Å². The van der Waals surface area contributed by atoms with Crippen LogP contribution in [-0.4, -0.2) is 35.8 Å². The van der Waals surface area contributed by atoms with Crippen LogP contribution >= 0.6 is 11.6 Å². The van der Waals surface area contributed by atoms with E-state index in [1.54, 1.807) is 12.1 Å². The second-order valence-corrected chi connectivity index (χ2v) is 6.28. The van der Waals surface area contributed by atoms with Crippen molar-refractivity contribution in [1.82, 2.24) is 10.2 Å². The fraction of sp³-hybridized carbons (Fsp3) is 0.235. The molecule has 1 aromatic heterocycles. The van der Waals surface area contributed by atoms with Crippen LogP contribution in [-0.2, 0) is 9.53 Å². The van der Waals surface area contributed by atoms with Crippen molar-refractivity contribution < 1.29 is 19.1 Å². The summed E-state index contributed by atoms with van der Waals surface area (Å²) in [5, 5.41) is 9.97. The molecule has 2 aliphatic rings. The van der Waals surface area contributed by atoms with Gasteiger partial charge in [-0.25, -0.2) is 4.79 Å². The zero-order chi connectivity index (χ0) is 17.6. The number of benzene rings is 1. The molecule has 2 N–H and O–H groups in total. The third kappa shape index (κ3) is 2.66. The lowest BCUT2D eigenvalue weighted by atomic mass is 9.84. The number of nitrogens with one attached hydrogen (secondary N) is 2. The number of fused-ring (bicyclic) bond motifs is 2. The van der Waals surface area contributed by atoms with E-state index in [4.69, 9.17) is 21.1 Å². The molecule has 0 saturated carbocycles. The summed E-state index contributed by atoms with van der Waals surface area (Å²) in [7, 11) is 1.30. The average molecular weight is 360 g/mol. The van der Waals surface area contributed by atoms with Gasteiger partial charge in [0.15, 0.2) is 5.82 Å². The minimum atomic E-state index is -0.532. The lowest BCUT2D eigenvalue weighted by Crippen LogP contribution is -2.27. The quantitative estimate of drug-likeness (QED) is 0.804. The number of aromatic amines is 1. The van der Waals surface area contributed by atoms with Crippen LogP contribution in [0, 0.1) is 0 Å². The number of H-pyrrole nitrogens is 1. The Kier molecular flexibility index (Phi) is 3.73. The standard InChI is InChI=1S/C17H14ClN3O4/c1-24-17(23)15-14-11(6-13(22)19-16(14)21-20-15)9-4-8-5-10(18)2-3-12(8)25-7-9/h2-5,11H,6-7H2,1H3,(H2,19,20,21,22)/t11-/m1/s1. The Labute approximate surface area is 148 Å². The molecule has 0 aliphatic carbocycles. The van der Waals surface area contributed by atoms with Gasteiger partial charge in [0.2, 0.25) is 5.91 Å². The van der Waals surface area contributed by atoms with Crippen LogP contribution in [0.25, 0.3) is 6.08 Å². The summed E-state index contributed by atoms with van der Waals surface area (Å²) in [6.45, 7) is 0.317. The minimum absolute atomic E-state index is 0.168. The number of nitrogens with zero attached hydrogens (tertiary/aromatic N) is 1. The molecule has 128 valence electrons. The van der Waals surface area contributed by atoms with Crippen LogP contribution in [0.2, 0.25) is 5.02 Å². The van der Waals surface area contributed by atoms with E-state index in [1.165, 1.54) is 7.11 Å². The summed E-state index contributed by atoms with van der Waals surface area (Å²) in [5.74, 6) is 0.0473. The Balaban J connectivity index is 1.81. The maximum Gasteiger partial charge on any atom is 0.356 e. The van der Waals surface area contributed by atoms with Gasteiger partial charge in [-0.3, -0.25) is 9.89 Å². The minimum Gasteiger partial charge on any atom is -0.489 e. The van der Waals surface area contributed by atoms with Gasteiger partial charge in [0.1, 0.15) is 18.1 Å². The van der Waals surface area contributed by atoms with Gasteiger partial charge in [-0.2, -0.15) is 5.10 Å². The molecule has 0 radical (unpaired) electrons. The van der Waals surface area contributed by atoms with E-state index < -0.39 is 5.97 Å². The van der Waals surface area contributed by atoms with Gasteiger partial charge in [-0.15, -0.1) is 0 Å². The van der Waals surface area contributed by atoms with E-state index >= 15 is 0 Å². The van der Waals surface area contributed by atoms with Gasteiger partial charge in [0, 0.05) is 28.5 Å². The molecule has 25 heavy (non-hydrogen) atoms. The Hall–Kier alpha value is -2.80. The molecule has 0 bridgehead atoms. The lowest BCUT2D eigenvalue weighted by molar-refractivity contribution is -0.116. The Bertz CT molecular complexity index is 919. The number of hydrogen-bond donors (Lipinski definition) is 2. The third-order valence-electron chi connectivity index (χ3n) is 4.34. The highest BCUT2D eigenvalue weighted by Gasteiger charge is 2.36. The molecule has 4 rings (SSSR count). The van der Waals surface area contributed by atoms with Crippen molar-refractivity contribution in [2.45, 2.75) is 12.3 Å². The maximum absolute atomic E-state index is 12.1. The molecular formula is C17H14ClN3O4. The number of halogens is 1. The van der Waals surface area contributed by atoms with E-state index in [0.29, 0.717) is 23.0 Å². The highest BCUT2D eigenvalue weighted by atomic mass is 35.5. The third-order valence-corrected chi connectivity index (χ3v) is 4.58. The Morgan fingerprint density at radius 2 is 2.28 bits per heavy atom. The van der Waals surface area contributed by atoms with Crippen LogP contribution in [0.1, 0.15) is 34.0 Å². The van der Waals surface area contributed by atoms with E-state index in [0.717, 1.165) is 16.9 Å². The molecule has 0 saturated heterocycles. The number of carbonyl (C=O) groups excluding carboxylic acids is 2. The summed E-state index contributed by atoms with van der Waals surface area (Å²) in [4.78, 5) is 24.1. The van der Waals surface area contributed by atoms with E-state index in [-0.39, 0.29) is 23.9 Å². The van der Waals surface area contributed by atoms with Gasteiger partial charge in [0.25, 0.3) is 0 Å². The molecule has 0 spiro atoms. The van der Waals surface area contributed by atoms with Crippen LogP contribution in [0.4, 0.5) is 5.82 Å². The summed E-state index contributed by atoms with van der Waals surface area (Å²) in [6, 6.07) is 5.37. The zero-order valence-electron chi connectivity index (χ0n) is 13.3. The van der Waals surface area contributed by atoms with Crippen LogP contribution in [0.15, 0.2) is 23.8 Å². The van der Waals surface area contributed by atoms with Crippen molar-refractivity contribution in [3.05, 3.63) is 45.6 Å². The van der Waals surface area contributed by atoms with E-state index in [1.807, 2.05) is 12.1 Å². The number of aromatic nitrogens is 2. The highest BCUT2D eigenvalue weighted by molar-refractivity contribution is 6.30. The molecule has 1 atom stereocenters. The number of ether oxygens (including phenoxy) is 2. The van der Waals surface area contributed by atoms with Gasteiger partial charge in [0.05, 0.1) is 7.11 Å². The largest absolute Gasteiger partial charge is 0.489 e. The molecule has 1 aromatic carbocycles. The lowest BCUT2D eigenvalue weighted by Gasteiger charge is -2.28. The van der Waals surface area contributed by atoms with Crippen LogP contribution < -0.4 is 10.1 Å². The molecule has 3 heterocycles. The zero-order valence-corrected chi connectivity index (χ0v) is 14.0. The first-order valence-corrected chi connectivity index (χ1v) is 8.04. The number of carbonyl (C=O) groups is 2. The second-order valence-electron chi connectivity index (χ2n) is 5.85. The fourth-order valence-corrected chi connectivity index (χ4v) is 3.38. The van der Waals surface area contributed by atoms with Gasteiger partial charge >= 0.3 is 5.97 Å². The average Bonchev–Trinajstić information content (AvgIpc) is 3.03. The van der Waals surface area contributed by atoms with Crippen molar-refractivity contribution >= 4 is 35.4 Å². The normalized spacial score (nSPS) is 18.4. The first-order chi connectivity index (χ1) is 12.1. The van der Waals surface area contributed by atoms with Crippen molar-refractivity contribution in [3.8, 4) is 5.75 Å². The van der Waals surface area contributed by atoms with E-state index in [2.05, 4.69) is 15.5 Å². The van der Waals surface area contributed by atoms with Crippen molar-refractivity contribution in [2.75, 3.05) is 19.0 Å². The molecule has 0 fully saturated rings. The predicted octanol–water partition coefficient (Wildman–Crippen LogP) is 2.75. The van der Waals surface area contributed by atoms with Gasteiger partial charge in [-0.1, -0.05) is 11.6 Å². The van der Waals surface area contributed by atoms with E-state index in [9.17, 15) is 9.59 Å². The molecule has 2 aromatic rings. The molecule has 0 unspecified atom stereocenters. The summed E-state index contributed by atoms with van der Waals surface area (Å²) in [6.07, 6.45) is 2.15. The van der Waals surface area contributed by atoms with Gasteiger partial charge in [-0.05, 0) is 29.8 Å². The van der Waals surface area contributed by atoms with Gasteiger partial charge < -0.3 is 14.8 Å². The molecule has 8 heteroatoms. The highest BCUT2D eigenvalue weighted by Crippen LogP contribution is 2.41. The number of anilines is 1. The number of amides is 1. The number of methoxy groups -OCH3 is 1. The summed E-state index contributed by atoms with van der Waals surface area (Å²) in [5.41, 5.74) is 2.56. The molecular weight excluding hydrogens is 346 g/mol. The van der Waals surface area contributed by atoms with Crippen molar-refractivity contribution in [2.24, 2.45) is 0 Å². The van der Waals surface area contributed by atoms with Crippen molar-refractivity contribution in [3.63, 3.8) is 0 Å². The molecule has 2 aliphatic heterocycles. The Morgan fingerprint density at radius 1 is 1.44 bits per heavy atom.